The zero-order valence-electron chi connectivity index (χ0n) is 10.9. The van der Waals surface area contributed by atoms with Crippen molar-refractivity contribution in [2.45, 2.75) is 20.4 Å². The van der Waals surface area contributed by atoms with Crippen LogP contribution >= 0.6 is 0 Å². The summed E-state index contributed by atoms with van der Waals surface area (Å²) in [6, 6.07) is 12.1. The molecule has 0 saturated carbocycles. The lowest BCUT2D eigenvalue weighted by atomic mass is 10.2. The SMILES string of the molecule is CCN(Cc1cccc(N)c1)c1ncccc1C. The van der Waals surface area contributed by atoms with Crippen molar-refractivity contribution in [2.24, 2.45) is 0 Å². The first-order valence-corrected chi connectivity index (χ1v) is 6.21. The molecule has 1 aromatic carbocycles. The highest BCUT2D eigenvalue weighted by Crippen LogP contribution is 2.19. The van der Waals surface area contributed by atoms with E-state index >= 15 is 0 Å². The van der Waals surface area contributed by atoms with E-state index in [0.717, 1.165) is 24.6 Å². The fraction of sp³-hybridized carbons (Fsp3) is 0.267. The van der Waals surface area contributed by atoms with Crippen LogP contribution in [0.25, 0.3) is 0 Å². The molecule has 1 aromatic heterocycles. The molecule has 0 amide bonds. The van der Waals surface area contributed by atoms with E-state index in [2.05, 4.69) is 35.9 Å². The topological polar surface area (TPSA) is 42.1 Å². The van der Waals surface area contributed by atoms with Crippen LogP contribution < -0.4 is 10.6 Å². The Hall–Kier alpha value is -2.03. The van der Waals surface area contributed by atoms with Crippen molar-refractivity contribution in [2.75, 3.05) is 17.2 Å². The van der Waals surface area contributed by atoms with Gasteiger partial charge in [-0.3, -0.25) is 0 Å². The Balaban J connectivity index is 2.23. The number of hydrogen-bond donors (Lipinski definition) is 1. The van der Waals surface area contributed by atoms with Gasteiger partial charge in [-0.25, -0.2) is 4.98 Å². The summed E-state index contributed by atoms with van der Waals surface area (Å²) in [6.07, 6.45) is 1.84. The molecule has 1 heterocycles. The Morgan fingerprint density at radius 3 is 2.72 bits per heavy atom. The quantitative estimate of drug-likeness (QED) is 0.837. The highest BCUT2D eigenvalue weighted by Gasteiger charge is 2.09. The van der Waals surface area contributed by atoms with Crippen molar-refractivity contribution in [3.05, 3.63) is 53.7 Å². The van der Waals surface area contributed by atoms with Gasteiger partial charge in [-0.2, -0.15) is 0 Å². The summed E-state index contributed by atoms with van der Waals surface area (Å²) in [6.45, 7) is 5.98. The van der Waals surface area contributed by atoms with Crippen molar-refractivity contribution >= 4 is 11.5 Å². The van der Waals surface area contributed by atoms with Crippen LogP contribution in [0.15, 0.2) is 42.6 Å². The van der Waals surface area contributed by atoms with E-state index in [1.807, 2.05) is 30.5 Å². The highest BCUT2D eigenvalue weighted by atomic mass is 15.2. The third-order valence-electron chi connectivity index (χ3n) is 2.99. The van der Waals surface area contributed by atoms with E-state index in [1.165, 1.54) is 11.1 Å². The predicted molar refractivity (Wildman–Crippen MR) is 76.6 cm³/mol. The molecule has 3 nitrogen and oxygen atoms in total. The van der Waals surface area contributed by atoms with Crippen LogP contribution in [-0.4, -0.2) is 11.5 Å². The van der Waals surface area contributed by atoms with Crippen LogP contribution in [0.1, 0.15) is 18.1 Å². The molecule has 0 aliphatic carbocycles. The third-order valence-corrected chi connectivity index (χ3v) is 2.99. The number of nitrogen functional groups attached to an aromatic ring is 1. The largest absolute Gasteiger partial charge is 0.399 e. The Kier molecular flexibility index (Phi) is 3.82. The summed E-state index contributed by atoms with van der Waals surface area (Å²) in [5.74, 6) is 1.04. The number of benzene rings is 1. The average molecular weight is 241 g/mol. The Morgan fingerprint density at radius 1 is 1.22 bits per heavy atom. The van der Waals surface area contributed by atoms with E-state index in [1.54, 1.807) is 0 Å². The van der Waals surface area contributed by atoms with Crippen LogP contribution in [0.2, 0.25) is 0 Å². The number of anilines is 2. The molecule has 0 aliphatic heterocycles. The summed E-state index contributed by atoms with van der Waals surface area (Å²) in [4.78, 5) is 6.72. The van der Waals surface area contributed by atoms with E-state index in [9.17, 15) is 0 Å². The number of nitrogens with two attached hydrogens (primary N) is 1. The molecule has 2 aromatic rings. The lowest BCUT2D eigenvalue weighted by molar-refractivity contribution is 0.809. The first kappa shape index (κ1) is 12.4. The van der Waals surface area contributed by atoms with Gasteiger partial charge >= 0.3 is 0 Å². The minimum absolute atomic E-state index is 0.807. The summed E-state index contributed by atoms with van der Waals surface area (Å²) >= 11 is 0. The van der Waals surface area contributed by atoms with Gasteiger partial charge in [0.05, 0.1) is 0 Å². The first-order valence-electron chi connectivity index (χ1n) is 6.21. The molecule has 2 rings (SSSR count). The zero-order valence-corrected chi connectivity index (χ0v) is 10.9. The van der Waals surface area contributed by atoms with Gasteiger partial charge in [-0.05, 0) is 43.2 Å². The van der Waals surface area contributed by atoms with Gasteiger partial charge in [0.15, 0.2) is 0 Å². The highest BCUT2D eigenvalue weighted by molar-refractivity contribution is 5.48. The first-order chi connectivity index (χ1) is 8.70. The summed E-state index contributed by atoms with van der Waals surface area (Å²) in [5.41, 5.74) is 9.02. The predicted octanol–water partition coefficient (Wildman–Crippen LogP) is 3.00. The second kappa shape index (κ2) is 5.54. The number of aromatic nitrogens is 1. The smallest absolute Gasteiger partial charge is 0.131 e. The number of rotatable bonds is 4. The molecule has 0 aliphatic rings. The second-order valence-electron chi connectivity index (χ2n) is 4.40. The molecule has 2 N–H and O–H groups in total. The van der Waals surface area contributed by atoms with Gasteiger partial charge in [-0.1, -0.05) is 18.2 Å². The zero-order chi connectivity index (χ0) is 13.0. The molecule has 18 heavy (non-hydrogen) atoms. The van der Waals surface area contributed by atoms with Gasteiger partial charge in [0.25, 0.3) is 0 Å². The molecule has 0 spiro atoms. The Labute approximate surface area is 108 Å². The molecular formula is C15H19N3. The maximum absolute atomic E-state index is 5.81. The minimum Gasteiger partial charge on any atom is -0.399 e. The lowest BCUT2D eigenvalue weighted by Gasteiger charge is -2.23. The van der Waals surface area contributed by atoms with Crippen LogP contribution in [0, 0.1) is 6.92 Å². The third kappa shape index (κ3) is 2.80. The number of hydrogen-bond acceptors (Lipinski definition) is 3. The maximum atomic E-state index is 5.81. The molecule has 0 fully saturated rings. The van der Waals surface area contributed by atoms with Gasteiger partial charge in [0.2, 0.25) is 0 Å². The van der Waals surface area contributed by atoms with Gasteiger partial charge < -0.3 is 10.6 Å². The van der Waals surface area contributed by atoms with Crippen LogP contribution in [0.3, 0.4) is 0 Å². The van der Waals surface area contributed by atoms with Gasteiger partial charge in [0, 0.05) is 25.0 Å². The fourth-order valence-corrected chi connectivity index (χ4v) is 2.06. The molecule has 0 bridgehead atoms. The van der Waals surface area contributed by atoms with E-state index in [0.29, 0.717) is 0 Å². The normalized spacial score (nSPS) is 10.3. The van der Waals surface area contributed by atoms with E-state index in [-0.39, 0.29) is 0 Å². The number of aryl methyl sites for hydroxylation is 1. The summed E-state index contributed by atoms with van der Waals surface area (Å²) in [5, 5.41) is 0. The molecule has 0 atom stereocenters. The average Bonchev–Trinajstić information content (AvgIpc) is 2.37. The van der Waals surface area contributed by atoms with E-state index < -0.39 is 0 Å². The lowest BCUT2D eigenvalue weighted by Crippen LogP contribution is -2.23. The van der Waals surface area contributed by atoms with Crippen LogP contribution in [0.5, 0.6) is 0 Å². The fourth-order valence-electron chi connectivity index (χ4n) is 2.06. The van der Waals surface area contributed by atoms with Crippen molar-refractivity contribution in [1.29, 1.82) is 0 Å². The Bertz CT molecular complexity index is 523. The molecule has 0 unspecified atom stereocenters. The Morgan fingerprint density at radius 2 is 2.06 bits per heavy atom. The van der Waals surface area contributed by atoms with Crippen molar-refractivity contribution in [3.8, 4) is 0 Å². The van der Waals surface area contributed by atoms with Crippen molar-refractivity contribution in [1.82, 2.24) is 4.98 Å². The molecular weight excluding hydrogens is 222 g/mol. The monoisotopic (exact) mass is 241 g/mol. The summed E-state index contributed by atoms with van der Waals surface area (Å²) < 4.78 is 0. The number of pyridine rings is 1. The van der Waals surface area contributed by atoms with E-state index in [4.69, 9.17) is 5.73 Å². The van der Waals surface area contributed by atoms with Crippen molar-refractivity contribution in [3.63, 3.8) is 0 Å². The van der Waals surface area contributed by atoms with Crippen LogP contribution in [0.4, 0.5) is 11.5 Å². The second-order valence-corrected chi connectivity index (χ2v) is 4.40. The minimum atomic E-state index is 0.807. The number of nitrogens with zero attached hydrogens (tertiary/aromatic N) is 2. The van der Waals surface area contributed by atoms with Crippen molar-refractivity contribution < 1.29 is 0 Å². The van der Waals surface area contributed by atoms with Gasteiger partial charge in [-0.15, -0.1) is 0 Å². The standard InChI is InChI=1S/C15H19N3/c1-3-18(15-12(2)6-5-9-17-15)11-13-7-4-8-14(16)10-13/h4-10H,3,11,16H2,1-2H3. The molecule has 94 valence electrons. The van der Waals surface area contributed by atoms with Crippen LogP contribution in [-0.2, 0) is 6.54 Å². The molecule has 0 saturated heterocycles. The summed E-state index contributed by atoms with van der Waals surface area (Å²) in [7, 11) is 0. The molecule has 3 heteroatoms. The van der Waals surface area contributed by atoms with Gasteiger partial charge in [0.1, 0.15) is 5.82 Å². The maximum Gasteiger partial charge on any atom is 0.131 e. The molecule has 0 radical (unpaired) electrons.